The van der Waals surface area contributed by atoms with Gasteiger partial charge in [-0.2, -0.15) is 0 Å². The van der Waals surface area contributed by atoms with Gasteiger partial charge in [0.1, 0.15) is 0 Å². The fraction of sp³-hybridized carbons (Fsp3) is 0.259. The van der Waals surface area contributed by atoms with Crippen LogP contribution in [0.25, 0.3) is 11.3 Å². The van der Waals surface area contributed by atoms with Gasteiger partial charge >= 0.3 is 5.97 Å². The number of carboxylic acid groups (broad SMARTS) is 1. The lowest BCUT2D eigenvalue weighted by atomic mass is 9.82. The van der Waals surface area contributed by atoms with Gasteiger partial charge < -0.3 is 15.7 Å². The number of aliphatic carboxylic acids is 1. The normalized spacial score (nSPS) is 17.7. The zero-order valence-electron chi connectivity index (χ0n) is 20.0. The Labute approximate surface area is 231 Å². The Morgan fingerprint density at radius 1 is 1.11 bits per heavy atom. The highest BCUT2D eigenvalue weighted by atomic mass is 79.9. The Morgan fingerprint density at radius 2 is 1.84 bits per heavy atom. The zero-order valence-corrected chi connectivity index (χ0v) is 23.2. The smallest absolute Gasteiger partial charge is 0.307 e. The summed E-state index contributed by atoms with van der Waals surface area (Å²) in [4.78, 5) is 42.7. The summed E-state index contributed by atoms with van der Waals surface area (Å²) in [6.45, 7) is 1.95. The molecule has 0 saturated carbocycles. The Morgan fingerprint density at radius 3 is 2.54 bits per heavy atom. The molecule has 3 unspecified atom stereocenters. The van der Waals surface area contributed by atoms with Gasteiger partial charge in [-0.3, -0.25) is 14.4 Å². The summed E-state index contributed by atoms with van der Waals surface area (Å²) in [5.41, 5.74) is 2.35. The number of carboxylic acids is 1. The third-order valence-corrected chi connectivity index (χ3v) is 8.65. The number of thioether (sulfide) groups is 1. The molecule has 0 radical (unpaired) electrons. The monoisotopic (exact) mass is 599 g/mol. The lowest BCUT2D eigenvalue weighted by molar-refractivity contribution is -0.146. The quantitative estimate of drug-likeness (QED) is 0.187. The first-order chi connectivity index (χ1) is 17.8. The van der Waals surface area contributed by atoms with Crippen molar-refractivity contribution in [3.8, 4) is 11.3 Å². The number of hydrogen-bond donors (Lipinski definition) is 3. The van der Waals surface area contributed by atoms with E-state index in [2.05, 4.69) is 31.5 Å². The molecular formula is C27H26BrN3O4S2. The van der Waals surface area contributed by atoms with E-state index in [1.54, 1.807) is 6.07 Å². The van der Waals surface area contributed by atoms with Gasteiger partial charge in [-0.1, -0.05) is 53.2 Å². The maximum absolute atomic E-state index is 13.0. The van der Waals surface area contributed by atoms with Crippen molar-refractivity contribution in [1.29, 1.82) is 0 Å². The summed E-state index contributed by atoms with van der Waals surface area (Å²) in [7, 11) is 0. The molecule has 3 aromatic rings. The lowest BCUT2D eigenvalue weighted by Crippen LogP contribution is -2.34. The van der Waals surface area contributed by atoms with Gasteiger partial charge in [0.15, 0.2) is 5.13 Å². The van der Waals surface area contributed by atoms with Crippen LogP contribution in [0.5, 0.6) is 0 Å². The molecular weight excluding hydrogens is 574 g/mol. The predicted molar refractivity (Wildman–Crippen MR) is 152 cm³/mol. The molecule has 2 amide bonds. The van der Waals surface area contributed by atoms with E-state index < -0.39 is 17.8 Å². The van der Waals surface area contributed by atoms with Crippen molar-refractivity contribution in [3.63, 3.8) is 0 Å². The van der Waals surface area contributed by atoms with Crippen molar-refractivity contribution in [2.75, 3.05) is 10.6 Å². The van der Waals surface area contributed by atoms with Crippen LogP contribution >= 0.6 is 39.0 Å². The third kappa shape index (κ3) is 7.09. The first-order valence-corrected chi connectivity index (χ1v) is 14.4. The first-order valence-electron chi connectivity index (χ1n) is 11.8. The molecule has 37 heavy (non-hydrogen) atoms. The summed E-state index contributed by atoms with van der Waals surface area (Å²) in [5.74, 6) is -2.76. The Balaban J connectivity index is 1.38. The molecule has 0 spiro atoms. The van der Waals surface area contributed by atoms with Crippen LogP contribution in [0.2, 0.25) is 0 Å². The van der Waals surface area contributed by atoms with Crippen molar-refractivity contribution in [3.05, 3.63) is 70.5 Å². The van der Waals surface area contributed by atoms with Gasteiger partial charge in [0.2, 0.25) is 11.8 Å². The first kappa shape index (κ1) is 27.1. The molecule has 2 aromatic carbocycles. The average Bonchev–Trinajstić information content (AvgIpc) is 3.36. The van der Waals surface area contributed by atoms with Gasteiger partial charge in [-0.15, -0.1) is 23.1 Å². The molecule has 1 aliphatic carbocycles. The van der Waals surface area contributed by atoms with E-state index in [0.29, 0.717) is 30.1 Å². The molecule has 192 valence electrons. The number of rotatable bonds is 9. The molecule has 0 aliphatic heterocycles. The molecule has 7 nitrogen and oxygen atoms in total. The second kappa shape index (κ2) is 12.5. The summed E-state index contributed by atoms with van der Waals surface area (Å²) >= 11 is 6.21. The van der Waals surface area contributed by atoms with Crippen molar-refractivity contribution in [2.24, 2.45) is 11.8 Å². The Hall–Kier alpha value is -2.95. The Kier molecular flexibility index (Phi) is 9.18. The average molecular weight is 601 g/mol. The third-order valence-electron chi connectivity index (χ3n) is 6.00. The van der Waals surface area contributed by atoms with E-state index >= 15 is 0 Å². The number of aromatic nitrogens is 1. The molecule has 0 bridgehead atoms. The highest BCUT2D eigenvalue weighted by molar-refractivity contribution is 9.10. The number of benzene rings is 2. The molecule has 1 aromatic heterocycles. The van der Waals surface area contributed by atoms with Gasteiger partial charge in [-0.05, 0) is 49.6 Å². The number of anilines is 2. The highest BCUT2D eigenvalue weighted by Crippen LogP contribution is 2.32. The predicted octanol–water partition coefficient (Wildman–Crippen LogP) is 6.69. The minimum atomic E-state index is -0.963. The zero-order chi connectivity index (χ0) is 26.4. The largest absolute Gasteiger partial charge is 0.481 e. The van der Waals surface area contributed by atoms with Crippen LogP contribution in [0.1, 0.15) is 26.2 Å². The lowest BCUT2D eigenvalue weighted by Gasteiger charge is -2.24. The van der Waals surface area contributed by atoms with Crippen LogP contribution in [0, 0.1) is 11.8 Å². The number of allylic oxidation sites excluding steroid dienone is 2. The van der Waals surface area contributed by atoms with E-state index in [-0.39, 0.29) is 17.1 Å². The van der Waals surface area contributed by atoms with Gasteiger partial charge in [0.25, 0.3) is 0 Å². The second-order valence-electron chi connectivity index (χ2n) is 8.56. The van der Waals surface area contributed by atoms with Crippen LogP contribution in [-0.4, -0.2) is 33.1 Å². The number of halogens is 1. The van der Waals surface area contributed by atoms with E-state index in [4.69, 9.17) is 0 Å². The van der Waals surface area contributed by atoms with Crippen molar-refractivity contribution >= 4 is 67.6 Å². The number of hydrogen-bond acceptors (Lipinski definition) is 6. The second-order valence-corrected chi connectivity index (χ2v) is 11.6. The summed E-state index contributed by atoms with van der Waals surface area (Å²) < 4.78 is 0.988. The highest BCUT2D eigenvalue weighted by Gasteiger charge is 2.34. The number of carbonyl (C=O) groups excluding carboxylic acids is 2. The number of carbonyl (C=O) groups is 3. The maximum Gasteiger partial charge on any atom is 0.307 e. The maximum atomic E-state index is 13.0. The van der Waals surface area contributed by atoms with Crippen LogP contribution in [0.3, 0.4) is 0 Å². The minimum Gasteiger partial charge on any atom is -0.481 e. The molecule has 10 heteroatoms. The summed E-state index contributed by atoms with van der Waals surface area (Å²) in [6.07, 6.45) is 5.01. The van der Waals surface area contributed by atoms with Crippen molar-refractivity contribution in [2.45, 2.75) is 36.3 Å². The van der Waals surface area contributed by atoms with Gasteiger partial charge in [0, 0.05) is 26.0 Å². The molecule has 0 saturated heterocycles. The standard InChI is InChI=1S/C27H26BrN3O4S2/c1-2-23(25(33)31-27-30-22(15-36-27)16-10-12-17(28)13-11-16)37-19-7-5-6-18(14-19)29-24(32)20-8-3-4-9-21(20)26(34)35/h3-7,10-15,20-21,23H,2,8-9H2,1H3,(H,29,32)(H,34,35)(H,30,31,33). The molecule has 0 fully saturated rings. The minimum absolute atomic E-state index is 0.142. The molecule has 1 heterocycles. The van der Waals surface area contributed by atoms with Crippen molar-refractivity contribution < 1.29 is 19.5 Å². The van der Waals surface area contributed by atoms with Crippen LogP contribution in [0.15, 0.2) is 75.4 Å². The van der Waals surface area contributed by atoms with Gasteiger partial charge in [0.05, 0.1) is 22.8 Å². The number of nitrogens with zero attached hydrogens (tertiary/aromatic N) is 1. The van der Waals surface area contributed by atoms with E-state index in [9.17, 15) is 19.5 Å². The van der Waals surface area contributed by atoms with Crippen molar-refractivity contribution in [1.82, 2.24) is 4.98 Å². The van der Waals surface area contributed by atoms with E-state index in [1.807, 2.05) is 66.9 Å². The topological polar surface area (TPSA) is 108 Å². The van der Waals surface area contributed by atoms with E-state index in [0.717, 1.165) is 20.6 Å². The number of nitrogens with one attached hydrogen (secondary N) is 2. The SMILES string of the molecule is CCC(Sc1cccc(NC(=O)C2CC=CCC2C(=O)O)c1)C(=O)Nc1nc(-c2ccc(Br)cc2)cs1. The fourth-order valence-electron chi connectivity index (χ4n) is 4.02. The molecule has 3 atom stereocenters. The fourth-order valence-corrected chi connectivity index (χ4v) is 6.02. The van der Waals surface area contributed by atoms with Gasteiger partial charge in [-0.25, -0.2) is 4.98 Å². The summed E-state index contributed by atoms with van der Waals surface area (Å²) in [5, 5.41) is 17.3. The van der Waals surface area contributed by atoms with Crippen LogP contribution < -0.4 is 10.6 Å². The molecule has 1 aliphatic rings. The van der Waals surface area contributed by atoms with E-state index in [1.165, 1.54) is 23.1 Å². The Bertz CT molecular complexity index is 1310. The molecule has 3 N–H and O–H groups in total. The number of thiazole rings is 1. The van der Waals surface area contributed by atoms with Crippen LogP contribution in [-0.2, 0) is 14.4 Å². The number of amides is 2. The summed E-state index contributed by atoms with van der Waals surface area (Å²) in [6, 6.07) is 15.1. The van der Waals surface area contributed by atoms with Crippen LogP contribution in [0.4, 0.5) is 10.8 Å². The molecule has 4 rings (SSSR count).